The lowest BCUT2D eigenvalue weighted by molar-refractivity contribution is 0.102. The number of amides is 1. The molecule has 104 valence electrons. The molecule has 0 aliphatic rings. The van der Waals surface area contributed by atoms with Gasteiger partial charge >= 0.3 is 0 Å². The van der Waals surface area contributed by atoms with E-state index in [0.717, 1.165) is 5.69 Å². The molecular formula is C15H13N5O. The summed E-state index contributed by atoms with van der Waals surface area (Å²) in [5, 5.41) is 10.3. The zero-order valence-electron chi connectivity index (χ0n) is 11.1. The van der Waals surface area contributed by atoms with Gasteiger partial charge in [0.15, 0.2) is 0 Å². The topological polar surface area (TPSA) is 85.8 Å². The monoisotopic (exact) mass is 279 g/mol. The minimum atomic E-state index is -0.242. The van der Waals surface area contributed by atoms with Crippen molar-refractivity contribution in [3.63, 3.8) is 0 Å². The molecule has 1 amide bonds. The van der Waals surface area contributed by atoms with E-state index in [1.54, 1.807) is 41.5 Å². The van der Waals surface area contributed by atoms with E-state index in [1.165, 1.54) is 0 Å². The van der Waals surface area contributed by atoms with Crippen LogP contribution in [-0.2, 0) is 0 Å². The number of nitrogens with two attached hydrogens (primary N) is 1. The first-order chi connectivity index (χ1) is 10.2. The first-order valence-electron chi connectivity index (χ1n) is 6.35. The first kappa shape index (κ1) is 12.9. The summed E-state index contributed by atoms with van der Waals surface area (Å²) < 4.78 is 1.76. The number of nitrogen functional groups attached to an aromatic ring is 1. The van der Waals surface area contributed by atoms with Crippen molar-refractivity contribution in [2.24, 2.45) is 0 Å². The Morgan fingerprint density at radius 1 is 1.05 bits per heavy atom. The zero-order chi connectivity index (χ0) is 14.7. The van der Waals surface area contributed by atoms with E-state index in [-0.39, 0.29) is 5.91 Å². The fraction of sp³-hybridized carbons (Fsp3) is 0. The molecule has 3 N–H and O–H groups in total. The summed E-state index contributed by atoms with van der Waals surface area (Å²) in [6.07, 6.45) is 3.19. The average Bonchev–Trinajstić information content (AvgIpc) is 3.02. The second kappa shape index (κ2) is 5.46. The van der Waals surface area contributed by atoms with Gasteiger partial charge in [-0.2, -0.15) is 0 Å². The second-order valence-corrected chi connectivity index (χ2v) is 4.46. The Balaban J connectivity index is 1.84. The lowest BCUT2D eigenvalue weighted by atomic mass is 10.1. The number of aromatic nitrogens is 3. The number of nitrogens with zero attached hydrogens (tertiary/aromatic N) is 3. The van der Waals surface area contributed by atoms with Crippen molar-refractivity contribution < 1.29 is 4.79 Å². The number of hydrogen-bond acceptors (Lipinski definition) is 4. The highest BCUT2D eigenvalue weighted by molar-refractivity contribution is 6.07. The first-order valence-corrected chi connectivity index (χ1v) is 6.35. The Labute approximate surface area is 121 Å². The van der Waals surface area contributed by atoms with Gasteiger partial charge in [0.05, 0.1) is 11.3 Å². The third-order valence-corrected chi connectivity index (χ3v) is 3.03. The molecule has 3 aromatic rings. The van der Waals surface area contributed by atoms with E-state index < -0.39 is 0 Å². The summed E-state index contributed by atoms with van der Waals surface area (Å²) in [5.74, 6) is -0.242. The molecule has 0 radical (unpaired) electrons. The molecule has 3 rings (SSSR count). The molecule has 1 aromatic heterocycles. The van der Waals surface area contributed by atoms with Gasteiger partial charge in [-0.3, -0.25) is 9.36 Å². The highest BCUT2D eigenvalue weighted by atomic mass is 16.1. The molecule has 0 aliphatic heterocycles. The van der Waals surface area contributed by atoms with Crippen molar-refractivity contribution in [3.05, 3.63) is 66.7 Å². The van der Waals surface area contributed by atoms with Crippen LogP contribution in [0.5, 0.6) is 0 Å². The summed E-state index contributed by atoms with van der Waals surface area (Å²) in [7, 11) is 0. The van der Waals surface area contributed by atoms with Gasteiger partial charge in [0.1, 0.15) is 12.7 Å². The summed E-state index contributed by atoms with van der Waals surface area (Å²) in [6.45, 7) is 0. The average molecular weight is 279 g/mol. The molecule has 6 heteroatoms. The third kappa shape index (κ3) is 2.74. The van der Waals surface area contributed by atoms with Crippen molar-refractivity contribution >= 4 is 17.3 Å². The van der Waals surface area contributed by atoms with E-state index in [9.17, 15) is 4.79 Å². The standard InChI is InChI=1S/C15H13N5O/c16-14-7-2-1-6-13(14)15(21)19-11-4-3-5-12(8-11)20-9-17-18-10-20/h1-10H,16H2,(H,19,21). The molecule has 2 aromatic carbocycles. The van der Waals surface area contributed by atoms with Crippen LogP contribution < -0.4 is 11.1 Å². The number of hydrogen-bond donors (Lipinski definition) is 2. The fourth-order valence-electron chi connectivity index (χ4n) is 1.98. The van der Waals surface area contributed by atoms with Crippen molar-refractivity contribution in [1.82, 2.24) is 14.8 Å². The fourth-order valence-corrected chi connectivity index (χ4v) is 1.98. The van der Waals surface area contributed by atoms with Crippen LogP contribution in [0.4, 0.5) is 11.4 Å². The van der Waals surface area contributed by atoms with Gasteiger partial charge < -0.3 is 11.1 Å². The van der Waals surface area contributed by atoms with Crippen LogP contribution in [0.1, 0.15) is 10.4 Å². The lowest BCUT2D eigenvalue weighted by Gasteiger charge is -2.09. The van der Waals surface area contributed by atoms with Crippen LogP contribution in [0.25, 0.3) is 5.69 Å². The van der Waals surface area contributed by atoms with E-state index in [2.05, 4.69) is 15.5 Å². The Bertz CT molecular complexity index is 767. The molecule has 21 heavy (non-hydrogen) atoms. The number of para-hydroxylation sites is 1. The molecule has 0 unspecified atom stereocenters. The molecule has 0 fully saturated rings. The SMILES string of the molecule is Nc1ccccc1C(=O)Nc1cccc(-n2cnnc2)c1. The number of benzene rings is 2. The normalized spacial score (nSPS) is 10.3. The number of nitrogens with one attached hydrogen (secondary N) is 1. The minimum absolute atomic E-state index is 0.242. The van der Waals surface area contributed by atoms with Gasteiger partial charge in [0, 0.05) is 11.4 Å². The molecule has 6 nitrogen and oxygen atoms in total. The van der Waals surface area contributed by atoms with E-state index in [0.29, 0.717) is 16.9 Å². The summed E-state index contributed by atoms with van der Waals surface area (Å²) >= 11 is 0. The number of anilines is 2. The van der Waals surface area contributed by atoms with Crippen molar-refractivity contribution in [2.45, 2.75) is 0 Å². The molecule has 0 spiro atoms. The predicted octanol–water partition coefficient (Wildman–Crippen LogP) is 2.10. The molecule has 0 bridgehead atoms. The highest BCUT2D eigenvalue weighted by Crippen LogP contribution is 2.17. The van der Waals surface area contributed by atoms with Crippen LogP contribution in [0.2, 0.25) is 0 Å². The van der Waals surface area contributed by atoms with Gasteiger partial charge in [-0.1, -0.05) is 18.2 Å². The quantitative estimate of drug-likeness (QED) is 0.719. The van der Waals surface area contributed by atoms with Gasteiger partial charge in [0.2, 0.25) is 0 Å². The van der Waals surface area contributed by atoms with E-state index in [4.69, 9.17) is 5.73 Å². The van der Waals surface area contributed by atoms with Gasteiger partial charge in [-0.15, -0.1) is 10.2 Å². The third-order valence-electron chi connectivity index (χ3n) is 3.03. The van der Waals surface area contributed by atoms with Crippen molar-refractivity contribution in [3.8, 4) is 5.69 Å². The number of carbonyl (C=O) groups excluding carboxylic acids is 1. The molecule has 0 saturated carbocycles. The Kier molecular flexibility index (Phi) is 3.34. The van der Waals surface area contributed by atoms with Crippen LogP contribution in [0.15, 0.2) is 61.2 Å². The summed E-state index contributed by atoms with van der Waals surface area (Å²) in [5.41, 5.74) is 8.24. The number of rotatable bonds is 3. The maximum Gasteiger partial charge on any atom is 0.257 e. The van der Waals surface area contributed by atoms with Gasteiger partial charge in [0.25, 0.3) is 5.91 Å². The maximum absolute atomic E-state index is 12.2. The Morgan fingerprint density at radius 2 is 1.81 bits per heavy atom. The zero-order valence-corrected chi connectivity index (χ0v) is 11.1. The molecule has 0 saturated heterocycles. The van der Waals surface area contributed by atoms with E-state index >= 15 is 0 Å². The molecule has 1 heterocycles. The van der Waals surface area contributed by atoms with Gasteiger partial charge in [-0.05, 0) is 30.3 Å². The van der Waals surface area contributed by atoms with Gasteiger partial charge in [-0.25, -0.2) is 0 Å². The summed E-state index contributed by atoms with van der Waals surface area (Å²) in [4.78, 5) is 12.2. The second-order valence-electron chi connectivity index (χ2n) is 4.46. The molecule has 0 aliphatic carbocycles. The Hall–Kier alpha value is -3.15. The molecule has 0 atom stereocenters. The Morgan fingerprint density at radius 3 is 2.57 bits per heavy atom. The number of carbonyl (C=O) groups is 1. The van der Waals surface area contributed by atoms with Crippen molar-refractivity contribution in [1.29, 1.82) is 0 Å². The predicted molar refractivity (Wildman–Crippen MR) is 80.2 cm³/mol. The largest absolute Gasteiger partial charge is 0.398 e. The lowest BCUT2D eigenvalue weighted by Crippen LogP contribution is -2.14. The van der Waals surface area contributed by atoms with Crippen LogP contribution >= 0.6 is 0 Å². The van der Waals surface area contributed by atoms with Crippen LogP contribution in [-0.4, -0.2) is 20.7 Å². The van der Waals surface area contributed by atoms with Crippen molar-refractivity contribution in [2.75, 3.05) is 11.1 Å². The molecular weight excluding hydrogens is 266 g/mol. The maximum atomic E-state index is 12.2. The van der Waals surface area contributed by atoms with E-state index in [1.807, 2.05) is 24.3 Å². The minimum Gasteiger partial charge on any atom is -0.398 e. The summed E-state index contributed by atoms with van der Waals surface area (Å²) in [6, 6.07) is 14.3. The smallest absolute Gasteiger partial charge is 0.257 e. The van der Waals surface area contributed by atoms with Crippen LogP contribution in [0, 0.1) is 0 Å². The van der Waals surface area contributed by atoms with Crippen LogP contribution in [0.3, 0.4) is 0 Å². The highest BCUT2D eigenvalue weighted by Gasteiger charge is 2.09.